The molecule has 2 aliphatic heterocycles. The number of anilines is 1. The van der Waals surface area contributed by atoms with Gasteiger partial charge in [0, 0.05) is 43.3 Å². The van der Waals surface area contributed by atoms with Crippen molar-refractivity contribution in [1.82, 2.24) is 24.0 Å². The highest BCUT2D eigenvalue weighted by Gasteiger charge is 2.32. The van der Waals surface area contributed by atoms with Gasteiger partial charge in [0.1, 0.15) is 11.6 Å². The molecule has 1 aromatic carbocycles. The van der Waals surface area contributed by atoms with E-state index in [2.05, 4.69) is 69.3 Å². The molecular weight excluding hydrogens is 415 g/mol. The first kappa shape index (κ1) is 20.2. The van der Waals surface area contributed by atoms with Crippen LogP contribution in [0.5, 0.6) is 0 Å². The Morgan fingerprint density at radius 1 is 1.03 bits per heavy atom. The number of likely N-dealkylation sites (N-methyl/N-ethyl adjacent to an activating group) is 1. The van der Waals surface area contributed by atoms with Crippen molar-refractivity contribution in [2.24, 2.45) is 5.92 Å². The molecule has 0 radical (unpaired) electrons. The fraction of sp³-hybridized carbons (Fsp3) is 0.308. The molecule has 2 atom stereocenters. The van der Waals surface area contributed by atoms with Gasteiger partial charge in [0.25, 0.3) is 0 Å². The van der Waals surface area contributed by atoms with Gasteiger partial charge in [-0.05, 0) is 55.9 Å². The van der Waals surface area contributed by atoms with Crippen molar-refractivity contribution >= 4 is 5.82 Å². The summed E-state index contributed by atoms with van der Waals surface area (Å²) >= 11 is 0. The summed E-state index contributed by atoms with van der Waals surface area (Å²) in [5.74, 6) is 2.28. The third-order valence-electron chi connectivity index (χ3n) is 7.02. The largest absolute Gasteiger partial charge is 0.355 e. The van der Waals surface area contributed by atoms with Crippen molar-refractivity contribution in [3.8, 4) is 28.3 Å². The summed E-state index contributed by atoms with van der Waals surface area (Å²) in [5.41, 5.74) is 5.14. The summed E-state index contributed by atoms with van der Waals surface area (Å²) in [7, 11) is 4.31. The second-order valence-electron chi connectivity index (χ2n) is 9.42. The van der Waals surface area contributed by atoms with E-state index in [1.54, 1.807) is 0 Å². The zero-order valence-electron chi connectivity index (χ0n) is 19.1. The van der Waals surface area contributed by atoms with Gasteiger partial charge >= 0.3 is 0 Å². The minimum atomic E-state index is -0.228. The van der Waals surface area contributed by atoms with Crippen LogP contribution >= 0.6 is 0 Å². The highest BCUT2D eigenvalue weighted by Crippen LogP contribution is 2.35. The molecule has 0 aliphatic carbocycles. The number of nitrogens with zero attached hydrogens (tertiary/aromatic N) is 6. The summed E-state index contributed by atoms with van der Waals surface area (Å²) < 4.78 is 17.8. The summed E-state index contributed by atoms with van der Waals surface area (Å²) in [6.07, 6.45) is 5.94. The van der Waals surface area contributed by atoms with Crippen molar-refractivity contribution in [2.75, 3.05) is 32.1 Å². The van der Waals surface area contributed by atoms with Crippen LogP contribution in [0.1, 0.15) is 12.6 Å². The van der Waals surface area contributed by atoms with Crippen LogP contribution in [0.2, 0.25) is 0 Å². The van der Waals surface area contributed by atoms with E-state index >= 15 is 0 Å². The molecule has 0 unspecified atom stereocenters. The van der Waals surface area contributed by atoms with E-state index in [0.717, 1.165) is 52.9 Å². The molecule has 0 spiro atoms. The fourth-order valence-corrected chi connectivity index (χ4v) is 5.28. The Bertz CT molecular complexity index is 1320. The molecule has 3 aromatic heterocycles. The highest BCUT2D eigenvalue weighted by molar-refractivity contribution is 5.71. The van der Waals surface area contributed by atoms with Crippen LogP contribution < -0.4 is 4.90 Å². The molecule has 6 nitrogen and oxygen atoms in total. The smallest absolute Gasteiger partial charge is 0.161 e. The Hall–Kier alpha value is -3.45. The van der Waals surface area contributed by atoms with E-state index in [9.17, 15) is 4.39 Å². The van der Waals surface area contributed by atoms with E-state index in [1.807, 2.05) is 24.5 Å². The minimum Gasteiger partial charge on any atom is -0.355 e. The van der Waals surface area contributed by atoms with Gasteiger partial charge in [0.15, 0.2) is 5.82 Å². The van der Waals surface area contributed by atoms with Crippen molar-refractivity contribution in [1.29, 1.82) is 0 Å². The molecule has 1 fully saturated rings. The molecule has 0 bridgehead atoms. The van der Waals surface area contributed by atoms with E-state index in [-0.39, 0.29) is 5.82 Å². The molecule has 1 saturated heterocycles. The molecule has 33 heavy (non-hydrogen) atoms. The monoisotopic (exact) mass is 442 g/mol. The molecule has 0 saturated carbocycles. The van der Waals surface area contributed by atoms with Crippen molar-refractivity contribution in [3.63, 3.8) is 0 Å². The van der Waals surface area contributed by atoms with Crippen LogP contribution in [0, 0.1) is 11.7 Å². The number of pyridine rings is 1. The first-order chi connectivity index (χ1) is 16.0. The van der Waals surface area contributed by atoms with Gasteiger partial charge in [-0.1, -0.05) is 19.1 Å². The van der Waals surface area contributed by atoms with Crippen LogP contribution in [-0.4, -0.2) is 57.2 Å². The predicted molar refractivity (Wildman–Crippen MR) is 128 cm³/mol. The SMILES string of the molecule is C[C@H]1CN(c2ccc3c(n2)Cn2cc(-c4ccc(F)cc4)cc2-c2nccn2-3)C[C@H]1N(C)C. The van der Waals surface area contributed by atoms with Crippen LogP contribution in [0.4, 0.5) is 10.2 Å². The third-order valence-corrected chi connectivity index (χ3v) is 7.02. The van der Waals surface area contributed by atoms with E-state index < -0.39 is 0 Å². The fourth-order valence-electron chi connectivity index (χ4n) is 5.28. The Labute approximate surface area is 192 Å². The zero-order valence-corrected chi connectivity index (χ0v) is 19.1. The predicted octanol–water partition coefficient (Wildman–Crippen LogP) is 4.29. The molecule has 168 valence electrons. The minimum absolute atomic E-state index is 0.228. The van der Waals surface area contributed by atoms with Crippen molar-refractivity contribution in [2.45, 2.75) is 19.5 Å². The Kier molecular flexibility index (Phi) is 4.62. The highest BCUT2D eigenvalue weighted by atomic mass is 19.1. The lowest BCUT2D eigenvalue weighted by molar-refractivity contribution is 0.266. The lowest BCUT2D eigenvalue weighted by atomic mass is 10.1. The standard InChI is InChI=1S/C26H27FN6/c1-17-13-32(16-24(17)30(2)3)25-9-8-22-21(29-25)15-31-14-19(18-4-6-20(27)7-5-18)12-23(31)26-28-10-11-33(22)26/h4-12,14,17,24H,13,15-16H2,1-3H3/t17-,24+/m0/s1. The number of benzene rings is 1. The number of rotatable bonds is 3. The molecule has 6 rings (SSSR count). The van der Waals surface area contributed by atoms with Gasteiger partial charge in [-0.25, -0.2) is 14.4 Å². The van der Waals surface area contributed by atoms with E-state index in [0.29, 0.717) is 18.5 Å². The molecule has 0 amide bonds. The molecule has 5 heterocycles. The quantitative estimate of drug-likeness (QED) is 0.418. The number of hydrogen-bond donors (Lipinski definition) is 0. The summed E-state index contributed by atoms with van der Waals surface area (Å²) in [6.45, 7) is 4.97. The lowest BCUT2D eigenvalue weighted by Gasteiger charge is -2.23. The first-order valence-electron chi connectivity index (χ1n) is 11.4. The van der Waals surface area contributed by atoms with Crippen molar-refractivity contribution in [3.05, 3.63) is 72.6 Å². The average Bonchev–Trinajstić information content (AvgIpc) is 3.51. The average molecular weight is 443 g/mol. The number of aromatic nitrogens is 4. The molecular formula is C26H27FN6. The van der Waals surface area contributed by atoms with E-state index in [1.165, 1.54) is 12.1 Å². The normalized spacial score (nSPS) is 19.4. The van der Waals surface area contributed by atoms with Crippen LogP contribution in [0.15, 0.2) is 61.1 Å². The van der Waals surface area contributed by atoms with Crippen molar-refractivity contribution < 1.29 is 4.39 Å². The second-order valence-corrected chi connectivity index (χ2v) is 9.42. The lowest BCUT2D eigenvalue weighted by Crippen LogP contribution is -2.34. The Balaban J connectivity index is 1.40. The molecule has 4 aromatic rings. The second kappa shape index (κ2) is 7.56. The van der Waals surface area contributed by atoms with Gasteiger partial charge in [0.2, 0.25) is 0 Å². The molecule has 0 N–H and O–H groups in total. The summed E-state index contributed by atoms with van der Waals surface area (Å²) in [5, 5.41) is 0. The molecule has 2 aliphatic rings. The van der Waals surface area contributed by atoms with E-state index in [4.69, 9.17) is 4.98 Å². The maximum atomic E-state index is 13.4. The third kappa shape index (κ3) is 3.35. The number of imidazole rings is 1. The van der Waals surface area contributed by atoms with Gasteiger partial charge in [-0.2, -0.15) is 0 Å². The Morgan fingerprint density at radius 2 is 1.85 bits per heavy atom. The Morgan fingerprint density at radius 3 is 2.61 bits per heavy atom. The molecule has 7 heteroatoms. The topological polar surface area (TPSA) is 42.1 Å². The van der Waals surface area contributed by atoms with Gasteiger partial charge < -0.3 is 14.4 Å². The van der Waals surface area contributed by atoms with Gasteiger partial charge in [0.05, 0.1) is 23.6 Å². The summed E-state index contributed by atoms with van der Waals surface area (Å²) in [6, 6.07) is 13.6. The van der Waals surface area contributed by atoms with Gasteiger partial charge in [-0.3, -0.25) is 4.57 Å². The zero-order chi connectivity index (χ0) is 22.7. The van der Waals surface area contributed by atoms with Gasteiger partial charge in [-0.15, -0.1) is 0 Å². The van der Waals surface area contributed by atoms with Crippen LogP contribution in [0.3, 0.4) is 0 Å². The number of fused-ring (bicyclic) bond motifs is 5. The summed E-state index contributed by atoms with van der Waals surface area (Å²) in [4.78, 5) is 14.5. The first-order valence-corrected chi connectivity index (χ1v) is 11.4. The maximum Gasteiger partial charge on any atom is 0.161 e. The van der Waals surface area contributed by atoms with Crippen LogP contribution in [0.25, 0.3) is 28.3 Å². The number of halogens is 1. The number of hydrogen-bond acceptors (Lipinski definition) is 4. The van der Waals surface area contributed by atoms with Crippen LogP contribution in [-0.2, 0) is 6.54 Å². The maximum absolute atomic E-state index is 13.4.